The second-order valence-electron chi connectivity index (χ2n) is 7.95. The molecule has 4 atom stereocenters. The second-order valence-corrected chi connectivity index (χ2v) is 11.4. The van der Waals surface area contributed by atoms with Crippen LogP contribution < -0.4 is 5.32 Å². The van der Waals surface area contributed by atoms with E-state index in [0.29, 0.717) is 29.1 Å². The van der Waals surface area contributed by atoms with Gasteiger partial charge in [-0.2, -0.15) is 4.31 Å². The molecule has 1 aromatic heterocycles. The predicted molar refractivity (Wildman–Crippen MR) is 105 cm³/mol. The number of aryl methyl sites for hydroxylation is 1. The first-order valence-corrected chi connectivity index (χ1v) is 11.9. The van der Waals surface area contributed by atoms with Gasteiger partial charge in [0.25, 0.3) is 10.0 Å². The van der Waals surface area contributed by atoms with E-state index < -0.39 is 10.0 Å². The lowest BCUT2D eigenvalue weighted by molar-refractivity contribution is -0.127. The van der Waals surface area contributed by atoms with Crippen LogP contribution in [0.2, 0.25) is 0 Å². The molecule has 1 aliphatic carbocycles. The molecule has 1 saturated heterocycles. The van der Waals surface area contributed by atoms with Crippen molar-refractivity contribution in [2.24, 2.45) is 17.8 Å². The summed E-state index contributed by atoms with van der Waals surface area (Å²) in [5.74, 6) is 0.881. The molecule has 1 N–H and O–H groups in total. The van der Waals surface area contributed by atoms with Gasteiger partial charge in [0, 0.05) is 24.0 Å². The number of piperidine rings is 1. The van der Waals surface area contributed by atoms with Gasteiger partial charge in [-0.25, -0.2) is 8.42 Å². The number of rotatable bonds is 4. The van der Waals surface area contributed by atoms with Crippen LogP contribution in [-0.4, -0.2) is 37.8 Å². The van der Waals surface area contributed by atoms with Crippen LogP contribution in [0.4, 0.5) is 0 Å². The summed E-state index contributed by atoms with van der Waals surface area (Å²) in [6.07, 6.45) is 4.90. The summed E-state index contributed by atoms with van der Waals surface area (Å²) in [4.78, 5) is 13.8. The van der Waals surface area contributed by atoms with Gasteiger partial charge in [0.1, 0.15) is 4.21 Å². The van der Waals surface area contributed by atoms with E-state index in [9.17, 15) is 13.2 Å². The molecule has 3 rings (SSSR count). The SMILES string of the molecule is Cc1ccc(S(=O)(=O)N2CCCC(C(=O)NC3CCCC(C)C3C)C2)s1. The van der Waals surface area contributed by atoms with Crippen molar-refractivity contribution >= 4 is 27.3 Å². The van der Waals surface area contributed by atoms with Gasteiger partial charge in [-0.15, -0.1) is 11.3 Å². The Morgan fingerprint density at radius 2 is 1.96 bits per heavy atom. The first-order chi connectivity index (χ1) is 12.3. The average molecular weight is 399 g/mol. The molecule has 2 heterocycles. The Morgan fingerprint density at radius 3 is 2.65 bits per heavy atom. The van der Waals surface area contributed by atoms with E-state index in [2.05, 4.69) is 19.2 Å². The molecule has 0 aromatic carbocycles. The number of carbonyl (C=O) groups excluding carboxylic acids is 1. The van der Waals surface area contributed by atoms with Gasteiger partial charge >= 0.3 is 0 Å². The van der Waals surface area contributed by atoms with Gasteiger partial charge in [-0.1, -0.05) is 26.7 Å². The van der Waals surface area contributed by atoms with Crippen LogP contribution in [0.1, 0.15) is 50.8 Å². The van der Waals surface area contributed by atoms with Crippen LogP contribution in [0.5, 0.6) is 0 Å². The zero-order valence-electron chi connectivity index (χ0n) is 15.9. The lowest BCUT2D eigenvalue weighted by Crippen LogP contribution is -2.50. The number of thiophene rings is 1. The Morgan fingerprint density at radius 1 is 1.19 bits per heavy atom. The van der Waals surface area contributed by atoms with E-state index in [1.807, 2.05) is 13.0 Å². The molecule has 146 valence electrons. The number of hydrogen-bond donors (Lipinski definition) is 1. The van der Waals surface area contributed by atoms with Crippen molar-refractivity contribution in [2.45, 2.75) is 63.1 Å². The highest BCUT2D eigenvalue weighted by atomic mass is 32.2. The highest BCUT2D eigenvalue weighted by molar-refractivity contribution is 7.91. The summed E-state index contributed by atoms with van der Waals surface area (Å²) in [7, 11) is -3.49. The van der Waals surface area contributed by atoms with Crippen LogP contribution >= 0.6 is 11.3 Å². The zero-order chi connectivity index (χ0) is 18.9. The summed E-state index contributed by atoms with van der Waals surface area (Å²) < 4.78 is 27.6. The molecule has 1 amide bonds. The van der Waals surface area contributed by atoms with Crippen LogP contribution in [0.25, 0.3) is 0 Å². The monoisotopic (exact) mass is 398 g/mol. The number of sulfonamides is 1. The largest absolute Gasteiger partial charge is 0.353 e. The Hall–Kier alpha value is -0.920. The summed E-state index contributed by atoms with van der Waals surface area (Å²) >= 11 is 1.30. The van der Waals surface area contributed by atoms with Crippen molar-refractivity contribution in [3.63, 3.8) is 0 Å². The minimum absolute atomic E-state index is 0.0261. The molecule has 1 aliphatic heterocycles. The van der Waals surface area contributed by atoms with Crippen LogP contribution in [0.3, 0.4) is 0 Å². The highest BCUT2D eigenvalue weighted by Crippen LogP contribution is 2.31. The minimum atomic E-state index is -3.49. The summed E-state index contributed by atoms with van der Waals surface area (Å²) in [6.45, 7) is 7.16. The minimum Gasteiger partial charge on any atom is -0.353 e. The van der Waals surface area contributed by atoms with Gasteiger partial charge in [0.2, 0.25) is 5.91 Å². The standard InChI is InChI=1S/C19H30N2O3S2/c1-13-6-4-8-17(15(13)3)20-19(22)16-7-5-11-21(12-16)26(23,24)18-10-9-14(2)25-18/h9-10,13,15-17H,4-8,11-12H2,1-3H3,(H,20,22). The number of hydrogen-bond acceptors (Lipinski definition) is 4. The van der Waals surface area contributed by atoms with Crippen molar-refractivity contribution in [1.82, 2.24) is 9.62 Å². The maximum absolute atomic E-state index is 12.9. The van der Waals surface area contributed by atoms with Gasteiger partial charge in [0.15, 0.2) is 0 Å². The van der Waals surface area contributed by atoms with Crippen molar-refractivity contribution in [2.75, 3.05) is 13.1 Å². The van der Waals surface area contributed by atoms with Gasteiger partial charge in [-0.05, 0) is 50.2 Å². The van der Waals surface area contributed by atoms with Crippen LogP contribution in [0, 0.1) is 24.7 Å². The van der Waals surface area contributed by atoms with E-state index >= 15 is 0 Å². The first-order valence-electron chi connectivity index (χ1n) is 9.66. The normalized spacial score (nSPS) is 30.9. The molecule has 0 spiro atoms. The van der Waals surface area contributed by atoms with Crippen molar-refractivity contribution < 1.29 is 13.2 Å². The van der Waals surface area contributed by atoms with E-state index in [1.165, 1.54) is 22.1 Å². The maximum Gasteiger partial charge on any atom is 0.252 e. The molecule has 1 aromatic rings. The van der Waals surface area contributed by atoms with E-state index in [-0.39, 0.29) is 17.9 Å². The Labute approximate surface area is 161 Å². The number of nitrogens with one attached hydrogen (secondary N) is 1. The quantitative estimate of drug-likeness (QED) is 0.845. The Balaban J connectivity index is 1.65. The lowest BCUT2D eigenvalue weighted by Gasteiger charge is -2.37. The van der Waals surface area contributed by atoms with Crippen LogP contribution in [0.15, 0.2) is 16.3 Å². The third-order valence-electron chi connectivity index (χ3n) is 6.10. The summed E-state index contributed by atoms with van der Waals surface area (Å²) in [6, 6.07) is 3.72. The third kappa shape index (κ3) is 4.15. The Kier molecular flexibility index (Phi) is 6.09. The molecular formula is C19H30N2O3S2. The van der Waals surface area contributed by atoms with Gasteiger partial charge in [-0.3, -0.25) is 4.79 Å². The fourth-order valence-corrected chi connectivity index (χ4v) is 7.10. The number of carbonyl (C=O) groups is 1. The Bertz CT molecular complexity index is 744. The molecule has 0 radical (unpaired) electrons. The average Bonchev–Trinajstić information content (AvgIpc) is 3.06. The van der Waals surface area contributed by atoms with E-state index in [1.54, 1.807) is 6.07 Å². The molecule has 2 aliphatic rings. The molecule has 1 saturated carbocycles. The fraction of sp³-hybridized carbons (Fsp3) is 0.737. The number of nitrogens with zero attached hydrogens (tertiary/aromatic N) is 1. The molecule has 2 fully saturated rings. The highest BCUT2D eigenvalue weighted by Gasteiger charge is 2.36. The second kappa shape index (κ2) is 7.98. The van der Waals surface area contributed by atoms with E-state index in [0.717, 1.165) is 30.6 Å². The summed E-state index contributed by atoms with van der Waals surface area (Å²) in [5, 5.41) is 3.23. The molecule has 26 heavy (non-hydrogen) atoms. The topological polar surface area (TPSA) is 66.5 Å². The summed E-state index contributed by atoms with van der Waals surface area (Å²) in [5.41, 5.74) is 0. The maximum atomic E-state index is 12.9. The van der Waals surface area contributed by atoms with Crippen molar-refractivity contribution in [1.29, 1.82) is 0 Å². The molecule has 4 unspecified atom stereocenters. The molecular weight excluding hydrogens is 368 g/mol. The van der Waals surface area contributed by atoms with Crippen LogP contribution in [-0.2, 0) is 14.8 Å². The van der Waals surface area contributed by atoms with Crippen molar-refractivity contribution in [3.05, 3.63) is 17.0 Å². The predicted octanol–water partition coefficient (Wildman–Crippen LogP) is 3.40. The fourth-order valence-electron chi connectivity index (χ4n) is 4.14. The molecule has 0 bridgehead atoms. The van der Waals surface area contributed by atoms with Gasteiger partial charge < -0.3 is 5.32 Å². The van der Waals surface area contributed by atoms with Gasteiger partial charge in [0.05, 0.1) is 5.92 Å². The smallest absolute Gasteiger partial charge is 0.252 e. The first kappa shape index (κ1) is 19.8. The van der Waals surface area contributed by atoms with E-state index in [4.69, 9.17) is 0 Å². The third-order valence-corrected chi connectivity index (χ3v) is 9.43. The lowest BCUT2D eigenvalue weighted by atomic mass is 9.78. The van der Waals surface area contributed by atoms with Crippen molar-refractivity contribution in [3.8, 4) is 0 Å². The number of amides is 1. The zero-order valence-corrected chi connectivity index (χ0v) is 17.5. The molecule has 7 heteroatoms. The molecule has 5 nitrogen and oxygen atoms in total.